The molecule has 0 amide bonds. The number of carbonyl (C=O) groups is 2. The first-order valence-electron chi connectivity index (χ1n) is 31.4. The number of carboxylic acids is 1. The standard InChI is InChI=1S/C60H96O29/c1-23-32(63)36(67)42(73)49(82-23)80-20-27-34(65)38(69)43(74)50(84-27)81-21-28-35(66)39(70)45(76)52(85-28)89-54(79)60-16-14-55(2,3)18-25(60)24-8-9-30-56(4)12-11-31(57(5,22-62)29(56)10-13-59(30,7)58(24,6)15-17-60)86-53-47(41(72)40(71)46(87-53)48(77)78)88-51-44(75)37(68)33(64)26(19-61)83-51/h8,23,25-47,49-53,61-76H,9-22H2,1-7H3,(H,77,78). The molecule has 10 aliphatic rings. The summed E-state index contributed by atoms with van der Waals surface area (Å²) in [4.78, 5) is 27.7. The summed E-state index contributed by atoms with van der Waals surface area (Å²) < 4.78 is 58.7. The molecular weight excluding hydrogens is 1180 g/mol. The van der Waals surface area contributed by atoms with Crippen LogP contribution in [0.2, 0.25) is 0 Å². The average Bonchev–Trinajstić information content (AvgIpc) is 0.679. The van der Waals surface area contributed by atoms with Crippen molar-refractivity contribution < 1.29 is 144 Å². The van der Waals surface area contributed by atoms with Crippen molar-refractivity contribution >= 4 is 11.9 Å². The Morgan fingerprint density at radius 3 is 1.67 bits per heavy atom. The topological polar surface area (TPSA) is 470 Å². The molecule has 5 aliphatic heterocycles. The lowest BCUT2D eigenvalue weighted by Gasteiger charge is -2.71. The quantitative estimate of drug-likeness (QED) is 0.0421. The minimum Gasteiger partial charge on any atom is -0.479 e. The second-order valence-electron chi connectivity index (χ2n) is 29.0. The fourth-order valence-electron chi connectivity index (χ4n) is 17.7. The molecule has 0 aromatic carbocycles. The van der Waals surface area contributed by atoms with Gasteiger partial charge in [0.05, 0.1) is 44.1 Å². The van der Waals surface area contributed by atoms with Crippen LogP contribution in [0.4, 0.5) is 0 Å². The monoisotopic (exact) mass is 1280 g/mol. The lowest BCUT2D eigenvalue weighted by Crippen LogP contribution is -2.68. The molecule has 10 rings (SSSR count). The molecule has 89 heavy (non-hydrogen) atoms. The summed E-state index contributed by atoms with van der Waals surface area (Å²) >= 11 is 0. The number of aliphatic carboxylic acids is 1. The van der Waals surface area contributed by atoms with Gasteiger partial charge < -0.3 is 134 Å². The van der Waals surface area contributed by atoms with Gasteiger partial charge in [-0.25, -0.2) is 4.79 Å². The van der Waals surface area contributed by atoms with Crippen molar-refractivity contribution in [3.63, 3.8) is 0 Å². The zero-order chi connectivity index (χ0) is 65.2. The number of allylic oxidation sites excluding steroid dienone is 2. The van der Waals surface area contributed by atoms with Crippen molar-refractivity contribution in [3.05, 3.63) is 11.6 Å². The first kappa shape index (κ1) is 69.5. The van der Waals surface area contributed by atoms with Gasteiger partial charge in [-0.1, -0.05) is 53.2 Å². The van der Waals surface area contributed by atoms with Gasteiger partial charge in [-0.05, 0) is 111 Å². The van der Waals surface area contributed by atoms with E-state index in [0.29, 0.717) is 64.2 Å². The summed E-state index contributed by atoms with van der Waals surface area (Å²) in [7, 11) is 0. The first-order chi connectivity index (χ1) is 41.6. The number of carbonyl (C=O) groups excluding carboxylic acids is 1. The van der Waals surface area contributed by atoms with Crippen LogP contribution >= 0.6 is 0 Å². The number of esters is 1. The van der Waals surface area contributed by atoms with Crippen molar-refractivity contribution in [3.8, 4) is 0 Å². The van der Waals surface area contributed by atoms with Crippen molar-refractivity contribution in [2.45, 2.75) is 272 Å². The van der Waals surface area contributed by atoms with Crippen molar-refractivity contribution in [1.82, 2.24) is 0 Å². The summed E-state index contributed by atoms with van der Waals surface area (Å²) in [5.41, 5.74) is -2.60. The molecule has 510 valence electrons. The fourth-order valence-corrected chi connectivity index (χ4v) is 17.7. The molecule has 5 heterocycles. The van der Waals surface area contributed by atoms with Gasteiger partial charge in [-0.3, -0.25) is 4.79 Å². The van der Waals surface area contributed by atoms with Gasteiger partial charge in [0.15, 0.2) is 31.3 Å². The van der Waals surface area contributed by atoms with E-state index in [1.54, 1.807) is 0 Å². The summed E-state index contributed by atoms with van der Waals surface area (Å²) in [6.07, 6.45) is -36.6. The Morgan fingerprint density at radius 2 is 1.08 bits per heavy atom. The Bertz CT molecular complexity index is 2530. The van der Waals surface area contributed by atoms with Gasteiger partial charge in [0.2, 0.25) is 6.29 Å². The highest BCUT2D eigenvalue weighted by atomic mass is 16.8. The first-order valence-corrected chi connectivity index (χ1v) is 31.4. The Kier molecular flexibility index (Phi) is 20.1. The molecule has 34 unspecified atom stereocenters. The molecule has 0 radical (unpaired) electrons. The molecule has 4 saturated carbocycles. The molecule has 5 saturated heterocycles. The SMILES string of the molecule is CC1OC(OCC2OC(OCC3OC(OC(=O)C45CCC(C)(C)CC4C4=CCC6C7(C)CCC(OC8OC(C(=O)O)C(O)C(O)C8OC8OC(CO)C(O)C(O)C8O)C(C)(CO)C7CCC6(C)C4(C)CC5)C(O)C(O)C3O)C(O)C(O)C2O)C(O)C(O)C1O. The van der Waals surface area contributed by atoms with E-state index in [1.165, 1.54) is 6.92 Å². The zero-order valence-corrected chi connectivity index (χ0v) is 51.2. The Hall–Kier alpha value is -2.32. The van der Waals surface area contributed by atoms with Crippen LogP contribution in [-0.4, -0.2) is 285 Å². The van der Waals surface area contributed by atoms with Gasteiger partial charge >= 0.3 is 11.9 Å². The van der Waals surface area contributed by atoms with E-state index >= 15 is 4.79 Å². The smallest absolute Gasteiger partial charge is 0.335 e. The third-order valence-electron chi connectivity index (χ3n) is 23.6. The summed E-state index contributed by atoms with van der Waals surface area (Å²) in [5.74, 6) is -2.85. The number of fused-ring (bicyclic) bond motifs is 7. The lowest BCUT2D eigenvalue weighted by molar-refractivity contribution is -0.375. The highest BCUT2D eigenvalue weighted by Gasteiger charge is 2.71. The van der Waals surface area contributed by atoms with Crippen molar-refractivity contribution in [2.24, 2.45) is 50.2 Å². The summed E-state index contributed by atoms with van der Waals surface area (Å²) in [6.45, 7) is 12.0. The minimum absolute atomic E-state index is 0.0115. The van der Waals surface area contributed by atoms with Gasteiger partial charge in [-0.2, -0.15) is 0 Å². The fraction of sp³-hybridized carbons (Fsp3) is 0.933. The minimum atomic E-state index is -2.07. The predicted octanol–water partition coefficient (Wildman–Crippen LogP) is -4.12. The number of hydrogen-bond acceptors (Lipinski definition) is 28. The lowest BCUT2D eigenvalue weighted by atomic mass is 9.33. The van der Waals surface area contributed by atoms with Crippen LogP contribution in [0.3, 0.4) is 0 Å². The van der Waals surface area contributed by atoms with Gasteiger partial charge in [-0.15, -0.1) is 0 Å². The van der Waals surface area contributed by atoms with E-state index in [1.807, 2.05) is 6.92 Å². The normalized spacial score (nSPS) is 54.1. The molecule has 29 nitrogen and oxygen atoms in total. The molecule has 0 bridgehead atoms. The van der Waals surface area contributed by atoms with E-state index in [4.69, 9.17) is 47.4 Å². The van der Waals surface area contributed by atoms with Gasteiger partial charge in [0.1, 0.15) is 110 Å². The van der Waals surface area contributed by atoms with Crippen LogP contribution in [0.25, 0.3) is 0 Å². The molecule has 0 aromatic rings. The number of hydrogen-bond donors (Lipinski definition) is 17. The maximum Gasteiger partial charge on any atom is 0.335 e. The van der Waals surface area contributed by atoms with Crippen LogP contribution < -0.4 is 0 Å². The van der Waals surface area contributed by atoms with E-state index in [-0.39, 0.29) is 28.6 Å². The zero-order valence-electron chi connectivity index (χ0n) is 51.2. The Morgan fingerprint density at radius 1 is 0.539 bits per heavy atom. The third-order valence-corrected chi connectivity index (χ3v) is 23.6. The number of aliphatic hydroxyl groups is 16. The van der Waals surface area contributed by atoms with Crippen LogP contribution in [0.15, 0.2) is 11.6 Å². The summed E-state index contributed by atoms with van der Waals surface area (Å²) in [6, 6.07) is 0. The Balaban J connectivity index is 0.844. The molecule has 5 aliphatic carbocycles. The van der Waals surface area contributed by atoms with Crippen LogP contribution in [-0.2, 0) is 57.0 Å². The molecule has 34 atom stereocenters. The third kappa shape index (κ3) is 11.8. The van der Waals surface area contributed by atoms with Gasteiger partial charge in [0.25, 0.3) is 0 Å². The molecule has 17 N–H and O–H groups in total. The second kappa shape index (κ2) is 25.7. The van der Waals surface area contributed by atoms with E-state index in [0.717, 1.165) is 5.57 Å². The second-order valence-corrected chi connectivity index (χ2v) is 29.0. The van der Waals surface area contributed by atoms with Crippen molar-refractivity contribution in [1.29, 1.82) is 0 Å². The van der Waals surface area contributed by atoms with E-state index in [2.05, 4.69) is 40.7 Å². The molecule has 0 spiro atoms. The largest absolute Gasteiger partial charge is 0.479 e. The highest BCUT2D eigenvalue weighted by Crippen LogP contribution is 2.76. The molecular formula is C60H96O29. The predicted molar refractivity (Wildman–Crippen MR) is 296 cm³/mol. The van der Waals surface area contributed by atoms with Crippen LogP contribution in [0.5, 0.6) is 0 Å². The van der Waals surface area contributed by atoms with Gasteiger partial charge in [0, 0.05) is 5.41 Å². The number of aliphatic hydroxyl groups excluding tert-OH is 16. The average molecular weight is 1280 g/mol. The highest BCUT2D eigenvalue weighted by molar-refractivity contribution is 5.79. The Labute approximate surface area is 514 Å². The number of rotatable bonds is 15. The molecule has 9 fully saturated rings. The maximum atomic E-state index is 15.3. The summed E-state index contributed by atoms with van der Waals surface area (Å²) in [5, 5.41) is 183. The number of ether oxygens (including phenoxy) is 10. The van der Waals surface area contributed by atoms with Crippen LogP contribution in [0.1, 0.15) is 113 Å². The van der Waals surface area contributed by atoms with E-state index in [9.17, 15) is 91.6 Å². The van der Waals surface area contributed by atoms with E-state index < -0.39 is 220 Å². The maximum absolute atomic E-state index is 15.3. The van der Waals surface area contributed by atoms with Crippen LogP contribution in [0, 0.1) is 50.2 Å². The molecule has 0 aromatic heterocycles. The van der Waals surface area contributed by atoms with Crippen molar-refractivity contribution in [2.75, 3.05) is 26.4 Å². The number of carboxylic acid groups (broad SMARTS) is 1. The molecule has 29 heteroatoms.